The molecule has 6 heteroatoms. The van der Waals surface area contributed by atoms with E-state index in [2.05, 4.69) is 52.5 Å². The number of rotatable bonds is 5. The second-order valence-electron chi connectivity index (χ2n) is 6.55. The van der Waals surface area contributed by atoms with E-state index in [0.717, 1.165) is 29.9 Å². The Morgan fingerprint density at radius 1 is 1.19 bits per heavy atom. The summed E-state index contributed by atoms with van der Waals surface area (Å²) < 4.78 is 7.68. The Labute approximate surface area is 158 Å². The minimum Gasteiger partial charge on any atom is -0.350 e. The zero-order chi connectivity index (χ0) is 18.6. The Kier molecular flexibility index (Phi) is 4.86. The van der Waals surface area contributed by atoms with Crippen molar-refractivity contribution in [2.75, 3.05) is 18.1 Å². The van der Waals surface area contributed by atoms with E-state index in [1.807, 2.05) is 30.5 Å². The first-order valence-corrected chi connectivity index (χ1v) is 9.13. The minimum atomic E-state index is -0.238. The molecule has 1 aliphatic rings. The Bertz CT molecular complexity index is 957. The number of aryl methyl sites for hydroxylation is 1. The zero-order valence-electron chi connectivity index (χ0n) is 15.2. The summed E-state index contributed by atoms with van der Waals surface area (Å²) in [6.45, 7) is 4.14. The van der Waals surface area contributed by atoms with E-state index in [4.69, 9.17) is 4.74 Å². The first kappa shape index (κ1) is 17.3. The second kappa shape index (κ2) is 7.60. The lowest BCUT2D eigenvalue weighted by Crippen LogP contribution is -2.23. The van der Waals surface area contributed by atoms with Crippen LogP contribution in [-0.2, 0) is 17.7 Å². The molecule has 27 heavy (non-hydrogen) atoms. The predicted octanol–water partition coefficient (Wildman–Crippen LogP) is 3.30. The summed E-state index contributed by atoms with van der Waals surface area (Å²) >= 11 is 0. The van der Waals surface area contributed by atoms with E-state index >= 15 is 0 Å². The van der Waals surface area contributed by atoms with E-state index in [1.54, 1.807) is 4.68 Å². The predicted molar refractivity (Wildman–Crippen MR) is 102 cm³/mol. The molecule has 1 saturated heterocycles. The van der Waals surface area contributed by atoms with Gasteiger partial charge in [-0.15, -0.1) is 5.10 Å². The zero-order valence-corrected chi connectivity index (χ0v) is 15.2. The monoisotopic (exact) mass is 359 g/mol. The molecule has 136 valence electrons. The van der Waals surface area contributed by atoms with Gasteiger partial charge in [0, 0.05) is 12.2 Å². The molecule has 1 fully saturated rings. The minimum absolute atomic E-state index is 0.238. The molecule has 0 saturated carbocycles. The van der Waals surface area contributed by atoms with Crippen LogP contribution >= 0.6 is 0 Å². The van der Waals surface area contributed by atoms with Gasteiger partial charge >= 0.3 is 0 Å². The van der Waals surface area contributed by atoms with Crippen LogP contribution in [-0.4, -0.2) is 28.1 Å². The van der Waals surface area contributed by atoms with Crippen molar-refractivity contribution in [3.63, 3.8) is 0 Å². The van der Waals surface area contributed by atoms with E-state index in [9.17, 15) is 5.26 Å². The summed E-state index contributed by atoms with van der Waals surface area (Å²) in [6.07, 6.45) is 2.69. The number of anilines is 1. The molecule has 3 aromatic rings. The Morgan fingerprint density at radius 3 is 2.78 bits per heavy atom. The summed E-state index contributed by atoms with van der Waals surface area (Å²) in [5.74, 6) is 0. The van der Waals surface area contributed by atoms with Crippen molar-refractivity contribution in [3.8, 4) is 6.07 Å². The van der Waals surface area contributed by atoms with Crippen molar-refractivity contribution in [3.05, 3.63) is 77.1 Å². The number of hydrogen-bond donors (Lipinski definition) is 0. The lowest BCUT2D eigenvalue weighted by atomic mass is 10.1. The molecule has 2 aromatic carbocycles. The summed E-state index contributed by atoms with van der Waals surface area (Å²) in [6, 6.07) is 18.3. The lowest BCUT2D eigenvalue weighted by Gasteiger charge is -2.23. The molecule has 1 aliphatic heterocycles. The average Bonchev–Trinajstić information content (AvgIpc) is 3.38. The average molecular weight is 359 g/mol. The Hall–Kier alpha value is -3.17. The van der Waals surface area contributed by atoms with Crippen LogP contribution in [0.3, 0.4) is 0 Å². The molecule has 0 unspecified atom stereocenters. The molecule has 0 spiro atoms. The normalized spacial score (nSPS) is 16.4. The van der Waals surface area contributed by atoms with Crippen LogP contribution in [0.4, 0.5) is 5.69 Å². The fourth-order valence-electron chi connectivity index (χ4n) is 3.35. The highest BCUT2D eigenvalue weighted by Crippen LogP contribution is 2.31. The molecular formula is C21H21N5O. The van der Waals surface area contributed by atoms with E-state index in [-0.39, 0.29) is 6.23 Å². The second-order valence-corrected chi connectivity index (χ2v) is 6.55. The topological polar surface area (TPSA) is 67.0 Å². The van der Waals surface area contributed by atoms with Gasteiger partial charge in [-0.3, -0.25) is 0 Å². The summed E-state index contributed by atoms with van der Waals surface area (Å²) in [4.78, 5) is 2.21. The molecule has 0 N–H and O–H groups in total. The number of nitrogens with zero attached hydrogens (tertiary/aromatic N) is 5. The molecule has 2 heterocycles. The Morgan fingerprint density at radius 2 is 2.00 bits per heavy atom. The molecule has 1 aromatic heterocycles. The lowest BCUT2D eigenvalue weighted by molar-refractivity contribution is 0.110. The highest BCUT2D eigenvalue weighted by atomic mass is 16.5. The molecule has 6 nitrogen and oxygen atoms in total. The third-order valence-electron chi connectivity index (χ3n) is 4.85. The van der Waals surface area contributed by atoms with E-state index in [0.29, 0.717) is 18.7 Å². The number of nitriles is 1. The van der Waals surface area contributed by atoms with Crippen LogP contribution in [0.15, 0.2) is 54.7 Å². The molecule has 0 bridgehead atoms. The van der Waals surface area contributed by atoms with Crippen molar-refractivity contribution >= 4 is 5.69 Å². The smallest absolute Gasteiger partial charge is 0.177 e. The number of benzene rings is 2. The van der Waals surface area contributed by atoms with Crippen LogP contribution in [0.1, 0.15) is 35.5 Å². The van der Waals surface area contributed by atoms with Crippen LogP contribution < -0.4 is 4.90 Å². The van der Waals surface area contributed by atoms with Gasteiger partial charge in [0.05, 0.1) is 31.0 Å². The standard InChI is InChI=1S/C21H21N5O/c1-2-16-7-9-19(10-8-16)26-11-12-27-21(26)20-15-25(24-23-20)14-18-6-4-3-5-17(18)13-22/h3-10,15,21H,2,11-12,14H2,1H3/t21-/m0/s1. The maximum atomic E-state index is 9.25. The molecular weight excluding hydrogens is 338 g/mol. The molecule has 4 rings (SSSR count). The van der Waals surface area contributed by atoms with Crippen molar-refractivity contribution in [1.82, 2.24) is 15.0 Å². The fourth-order valence-corrected chi connectivity index (χ4v) is 3.35. The highest BCUT2D eigenvalue weighted by molar-refractivity contribution is 5.49. The van der Waals surface area contributed by atoms with E-state index < -0.39 is 0 Å². The van der Waals surface area contributed by atoms with Crippen molar-refractivity contribution in [2.24, 2.45) is 0 Å². The van der Waals surface area contributed by atoms with Gasteiger partial charge in [0.2, 0.25) is 0 Å². The summed E-state index contributed by atoms with van der Waals surface area (Å²) in [5, 5.41) is 17.8. The SMILES string of the molecule is CCc1ccc(N2CCO[C@H]2c2cn(Cc3ccccc3C#N)nn2)cc1. The van der Waals surface area contributed by atoms with E-state index in [1.165, 1.54) is 5.56 Å². The van der Waals surface area contributed by atoms with Crippen molar-refractivity contribution in [2.45, 2.75) is 26.1 Å². The Balaban J connectivity index is 1.54. The molecule has 0 aliphatic carbocycles. The van der Waals surface area contributed by atoms with Gasteiger partial charge in [-0.1, -0.05) is 42.5 Å². The van der Waals surface area contributed by atoms with Gasteiger partial charge in [0.25, 0.3) is 0 Å². The first-order valence-electron chi connectivity index (χ1n) is 9.13. The van der Waals surface area contributed by atoms with Gasteiger partial charge < -0.3 is 9.64 Å². The first-order chi connectivity index (χ1) is 13.3. The highest BCUT2D eigenvalue weighted by Gasteiger charge is 2.29. The van der Waals surface area contributed by atoms with Gasteiger partial charge in [-0.05, 0) is 35.7 Å². The van der Waals surface area contributed by atoms with Gasteiger partial charge in [-0.2, -0.15) is 5.26 Å². The van der Waals surface area contributed by atoms with Gasteiger partial charge in [0.15, 0.2) is 6.23 Å². The van der Waals surface area contributed by atoms with Crippen molar-refractivity contribution < 1.29 is 4.74 Å². The molecule has 0 amide bonds. The number of aromatic nitrogens is 3. The van der Waals surface area contributed by atoms with Gasteiger partial charge in [0.1, 0.15) is 5.69 Å². The molecule has 1 atom stereocenters. The van der Waals surface area contributed by atoms with Gasteiger partial charge in [-0.25, -0.2) is 4.68 Å². The third-order valence-corrected chi connectivity index (χ3v) is 4.85. The summed E-state index contributed by atoms with van der Waals surface area (Å²) in [7, 11) is 0. The maximum absolute atomic E-state index is 9.25. The van der Waals surface area contributed by atoms with Crippen LogP contribution in [0, 0.1) is 11.3 Å². The number of ether oxygens (including phenoxy) is 1. The van der Waals surface area contributed by atoms with Crippen LogP contribution in [0.25, 0.3) is 0 Å². The van der Waals surface area contributed by atoms with Crippen LogP contribution in [0.5, 0.6) is 0 Å². The quantitative estimate of drug-likeness (QED) is 0.699. The summed E-state index contributed by atoms with van der Waals surface area (Å²) in [5.41, 5.74) is 4.80. The fraction of sp³-hybridized carbons (Fsp3) is 0.286. The molecule has 0 radical (unpaired) electrons. The third kappa shape index (κ3) is 3.55. The maximum Gasteiger partial charge on any atom is 0.177 e. The largest absolute Gasteiger partial charge is 0.350 e. The number of hydrogen-bond acceptors (Lipinski definition) is 5. The van der Waals surface area contributed by atoms with Crippen molar-refractivity contribution in [1.29, 1.82) is 5.26 Å². The van der Waals surface area contributed by atoms with Crippen LogP contribution in [0.2, 0.25) is 0 Å².